The van der Waals surface area contributed by atoms with Crippen molar-refractivity contribution in [2.24, 2.45) is 7.05 Å². The molecule has 4 nitrogen and oxygen atoms in total. The molecule has 0 saturated heterocycles. The molecular weight excluding hydrogens is 437 g/mol. The van der Waals surface area contributed by atoms with Crippen LogP contribution in [0.5, 0.6) is 5.75 Å². The molecule has 6 rings (SSSR count). The molecule has 3 aromatic carbocycles. The molecule has 2 aliphatic carbocycles. The van der Waals surface area contributed by atoms with Gasteiger partial charge in [-0.1, -0.05) is 18.2 Å². The van der Waals surface area contributed by atoms with Gasteiger partial charge in [0.05, 0.1) is 0 Å². The van der Waals surface area contributed by atoms with E-state index >= 15 is 4.39 Å². The number of aromatic nitrogens is 3. The van der Waals surface area contributed by atoms with Crippen molar-refractivity contribution in [2.75, 3.05) is 0 Å². The Morgan fingerprint density at radius 2 is 1.66 bits per heavy atom. The van der Waals surface area contributed by atoms with Crippen molar-refractivity contribution in [1.29, 1.82) is 0 Å². The third kappa shape index (κ3) is 3.93. The van der Waals surface area contributed by atoms with Gasteiger partial charge >= 0.3 is 0 Å². The molecule has 1 saturated carbocycles. The quantitative estimate of drug-likeness (QED) is 0.313. The van der Waals surface area contributed by atoms with Crippen molar-refractivity contribution in [3.8, 4) is 28.3 Å². The zero-order chi connectivity index (χ0) is 24.3. The maximum Gasteiger partial charge on any atom is 0.181 e. The van der Waals surface area contributed by atoms with Crippen LogP contribution in [0.4, 0.5) is 4.39 Å². The highest BCUT2D eigenvalue weighted by molar-refractivity contribution is 5.78. The van der Waals surface area contributed by atoms with Gasteiger partial charge in [0.1, 0.15) is 23.5 Å². The van der Waals surface area contributed by atoms with Crippen molar-refractivity contribution >= 4 is 0 Å². The molecule has 178 valence electrons. The van der Waals surface area contributed by atoms with E-state index in [4.69, 9.17) is 4.74 Å². The maximum atomic E-state index is 15.1. The second-order valence-corrected chi connectivity index (χ2v) is 10.1. The number of fused-ring (bicyclic) bond motifs is 1. The highest BCUT2D eigenvalue weighted by Gasteiger charge is 2.31. The smallest absolute Gasteiger partial charge is 0.181 e. The predicted molar refractivity (Wildman–Crippen MR) is 136 cm³/mol. The van der Waals surface area contributed by atoms with Crippen molar-refractivity contribution in [2.45, 2.75) is 58.5 Å². The van der Waals surface area contributed by atoms with Gasteiger partial charge in [0.2, 0.25) is 0 Å². The molecular formula is C30H30FN3O. The molecule has 2 aliphatic rings. The number of rotatable bonds is 5. The van der Waals surface area contributed by atoms with Gasteiger partial charge < -0.3 is 4.74 Å². The van der Waals surface area contributed by atoms with Crippen molar-refractivity contribution in [1.82, 2.24) is 14.8 Å². The van der Waals surface area contributed by atoms with E-state index in [1.807, 2.05) is 32.2 Å². The topological polar surface area (TPSA) is 39.9 Å². The summed E-state index contributed by atoms with van der Waals surface area (Å²) in [6, 6.07) is 16.2. The molecule has 35 heavy (non-hydrogen) atoms. The Morgan fingerprint density at radius 1 is 0.943 bits per heavy atom. The Morgan fingerprint density at radius 3 is 2.29 bits per heavy atom. The SMILES string of the molecule is Cc1cc(-c2nc(C)n(C)n2)cc(C)c1-c1ccc(F)c2c1CCC2Oc1ccc(C2CC2)cc1. The van der Waals surface area contributed by atoms with Crippen LogP contribution in [-0.2, 0) is 13.5 Å². The van der Waals surface area contributed by atoms with Crippen LogP contribution >= 0.6 is 0 Å². The number of hydrogen-bond acceptors (Lipinski definition) is 3. The Kier molecular flexibility index (Phi) is 5.24. The minimum absolute atomic E-state index is 0.180. The van der Waals surface area contributed by atoms with E-state index in [0.717, 1.165) is 63.6 Å². The average molecular weight is 468 g/mol. The first-order valence-electron chi connectivity index (χ1n) is 12.5. The van der Waals surface area contributed by atoms with Gasteiger partial charge in [-0.15, -0.1) is 0 Å². The lowest BCUT2D eigenvalue weighted by atomic mass is 9.89. The Bertz CT molecular complexity index is 1390. The lowest BCUT2D eigenvalue weighted by Crippen LogP contribution is -2.06. The molecule has 1 atom stereocenters. The van der Waals surface area contributed by atoms with Gasteiger partial charge in [-0.25, -0.2) is 9.37 Å². The third-order valence-corrected chi connectivity index (χ3v) is 7.53. The van der Waals surface area contributed by atoms with Crippen LogP contribution in [0, 0.1) is 26.6 Å². The van der Waals surface area contributed by atoms with E-state index in [1.165, 1.54) is 18.4 Å². The Labute approximate surface area is 205 Å². The summed E-state index contributed by atoms with van der Waals surface area (Å²) in [6.45, 7) is 6.18. The van der Waals surface area contributed by atoms with Crippen molar-refractivity contribution in [3.63, 3.8) is 0 Å². The molecule has 1 unspecified atom stereocenters. The molecule has 5 heteroatoms. The Balaban J connectivity index is 1.34. The lowest BCUT2D eigenvalue weighted by Gasteiger charge is -2.19. The minimum Gasteiger partial charge on any atom is -0.486 e. The van der Waals surface area contributed by atoms with Crippen LogP contribution in [0.2, 0.25) is 0 Å². The number of benzene rings is 3. The van der Waals surface area contributed by atoms with Gasteiger partial charge in [-0.2, -0.15) is 5.10 Å². The second kappa shape index (κ2) is 8.33. The zero-order valence-corrected chi connectivity index (χ0v) is 20.7. The number of ether oxygens (including phenoxy) is 1. The maximum absolute atomic E-state index is 15.1. The summed E-state index contributed by atoms with van der Waals surface area (Å²) in [5, 5.41) is 4.54. The second-order valence-electron chi connectivity index (χ2n) is 10.1. The molecule has 4 aromatic rings. The summed E-state index contributed by atoms with van der Waals surface area (Å²) in [7, 11) is 1.90. The summed E-state index contributed by atoms with van der Waals surface area (Å²) >= 11 is 0. The summed E-state index contributed by atoms with van der Waals surface area (Å²) in [6.07, 6.45) is 3.87. The molecule has 0 amide bonds. The fourth-order valence-corrected chi connectivity index (χ4v) is 5.53. The van der Waals surface area contributed by atoms with Crippen LogP contribution in [0.25, 0.3) is 22.5 Å². The first-order chi connectivity index (χ1) is 16.9. The molecule has 1 heterocycles. The van der Waals surface area contributed by atoms with Gasteiger partial charge in [-0.3, -0.25) is 4.68 Å². The first-order valence-corrected chi connectivity index (χ1v) is 12.5. The summed E-state index contributed by atoms with van der Waals surface area (Å²) in [5.74, 6) is 2.96. The van der Waals surface area contributed by atoms with E-state index in [2.05, 4.69) is 48.2 Å². The molecule has 0 spiro atoms. The monoisotopic (exact) mass is 467 g/mol. The third-order valence-electron chi connectivity index (χ3n) is 7.53. The normalized spacial score (nSPS) is 17.0. The van der Waals surface area contributed by atoms with Crippen LogP contribution in [0.3, 0.4) is 0 Å². The van der Waals surface area contributed by atoms with Crippen LogP contribution < -0.4 is 4.74 Å². The highest BCUT2D eigenvalue weighted by Crippen LogP contribution is 2.44. The predicted octanol–water partition coefficient (Wildman–Crippen LogP) is 7.16. The fraction of sp³-hybridized carbons (Fsp3) is 0.333. The van der Waals surface area contributed by atoms with E-state index in [0.29, 0.717) is 11.5 Å². The first kappa shape index (κ1) is 22.0. The summed E-state index contributed by atoms with van der Waals surface area (Å²) < 4.78 is 23.3. The van der Waals surface area contributed by atoms with E-state index in [9.17, 15) is 0 Å². The fourth-order valence-electron chi connectivity index (χ4n) is 5.53. The van der Waals surface area contributed by atoms with E-state index in [-0.39, 0.29) is 11.9 Å². The highest BCUT2D eigenvalue weighted by atomic mass is 19.1. The van der Waals surface area contributed by atoms with Crippen LogP contribution in [0.15, 0.2) is 48.5 Å². The summed E-state index contributed by atoms with van der Waals surface area (Å²) in [4.78, 5) is 4.59. The van der Waals surface area contributed by atoms with Crippen molar-refractivity contribution < 1.29 is 9.13 Å². The molecule has 1 fully saturated rings. The van der Waals surface area contributed by atoms with E-state index < -0.39 is 0 Å². The van der Waals surface area contributed by atoms with Crippen molar-refractivity contribution in [3.05, 3.63) is 88.0 Å². The average Bonchev–Trinajstić information content (AvgIpc) is 3.51. The minimum atomic E-state index is -0.266. The number of aryl methyl sites for hydroxylation is 4. The van der Waals surface area contributed by atoms with E-state index in [1.54, 1.807) is 10.7 Å². The Hall–Kier alpha value is -3.47. The van der Waals surface area contributed by atoms with Crippen LogP contribution in [0.1, 0.15) is 64.9 Å². The van der Waals surface area contributed by atoms with Gasteiger partial charge in [0, 0.05) is 18.2 Å². The molecule has 0 bridgehead atoms. The zero-order valence-electron chi connectivity index (χ0n) is 20.7. The molecule has 0 aliphatic heterocycles. The standard InChI is InChI=1S/C30H30FN3O/c1-17-15-22(30-32-19(3)34(4)33-30)16-18(2)28(17)24-11-13-26(31)29-25(24)12-14-27(29)35-23-9-7-21(8-10-23)20-5-6-20/h7-11,13,15-16,20,27H,5-6,12,14H2,1-4H3. The number of halogens is 1. The van der Waals surface area contributed by atoms with Crippen LogP contribution in [-0.4, -0.2) is 14.8 Å². The lowest BCUT2D eigenvalue weighted by molar-refractivity contribution is 0.203. The molecule has 1 aromatic heterocycles. The molecule has 0 radical (unpaired) electrons. The van der Waals surface area contributed by atoms with Gasteiger partial charge in [0.15, 0.2) is 5.82 Å². The molecule has 0 N–H and O–H groups in total. The summed E-state index contributed by atoms with van der Waals surface area (Å²) in [5.41, 5.74) is 8.69. The number of nitrogens with zero attached hydrogens (tertiary/aromatic N) is 3. The number of hydrogen-bond donors (Lipinski definition) is 0. The largest absolute Gasteiger partial charge is 0.486 e. The van der Waals surface area contributed by atoms with Gasteiger partial charge in [-0.05, 0) is 116 Å². The van der Waals surface area contributed by atoms with Gasteiger partial charge in [0.25, 0.3) is 0 Å².